The number of benzene rings is 1. The van der Waals surface area contributed by atoms with Crippen LogP contribution in [0.15, 0.2) is 29.2 Å². The lowest BCUT2D eigenvalue weighted by Gasteiger charge is -2.08. The number of anilines is 1. The predicted molar refractivity (Wildman–Crippen MR) is 98.6 cm³/mol. The van der Waals surface area contributed by atoms with Gasteiger partial charge in [-0.15, -0.1) is 11.3 Å². The molecular weight excluding hydrogens is 358 g/mol. The molecule has 2 N–H and O–H groups in total. The Morgan fingerprint density at radius 2 is 2.12 bits per heavy atom. The fourth-order valence-electron chi connectivity index (χ4n) is 2.40. The van der Waals surface area contributed by atoms with E-state index in [1.54, 1.807) is 12.1 Å². The molecule has 1 aromatic heterocycles. The molecule has 25 heavy (non-hydrogen) atoms. The number of hydrogen-bond acceptors (Lipinski definition) is 5. The van der Waals surface area contributed by atoms with E-state index < -0.39 is 10.0 Å². The zero-order chi connectivity index (χ0) is 18.0. The highest BCUT2D eigenvalue weighted by Gasteiger charge is 2.28. The molecule has 3 rings (SSSR count). The van der Waals surface area contributed by atoms with Crippen molar-refractivity contribution in [2.24, 2.45) is 0 Å². The molecule has 1 aliphatic rings. The molecule has 0 radical (unpaired) electrons. The van der Waals surface area contributed by atoms with Crippen LogP contribution in [-0.4, -0.2) is 25.4 Å². The van der Waals surface area contributed by atoms with Gasteiger partial charge in [0.1, 0.15) is 4.88 Å². The van der Waals surface area contributed by atoms with Crippen molar-refractivity contribution in [3.63, 3.8) is 0 Å². The first-order valence-corrected chi connectivity index (χ1v) is 10.6. The normalized spacial score (nSPS) is 14.5. The van der Waals surface area contributed by atoms with Crippen LogP contribution in [0.2, 0.25) is 0 Å². The maximum atomic E-state index is 12.5. The number of sulfonamides is 1. The van der Waals surface area contributed by atoms with Crippen molar-refractivity contribution in [2.75, 3.05) is 5.32 Å². The van der Waals surface area contributed by atoms with Crippen LogP contribution in [0, 0.1) is 6.92 Å². The van der Waals surface area contributed by atoms with Crippen LogP contribution in [0.5, 0.6) is 0 Å². The average Bonchev–Trinajstić information content (AvgIpc) is 3.28. The van der Waals surface area contributed by atoms with Gasteiger partial charge in [0.25, 0.3) is 5.91 Å². The summed E-state index contributed by atoms with van der Waals surface area (Å²) in [4.78, 5) is 17.6. The Bertz CT molecular complexity index is 886. The summed E-state index contributed by atoms with van der Waals surface area (Å²) in [6.45, 7) is 3.88. The van der Waals surface area contributed by atoms with Crippen molar-refractivity contribution in [2.45, 2.75) is 50.5 Å². The Kier molecular flexibility index (Phi) is 5.21. The van der Waals surface area contributed by atoms with Crippen LogP contribution in [-0.2, 0) is 16.4 Å². The van der Waals surface area contributed by atoms with Crippen molar-refractivity contribution < 1.29 is 13.2 Å². The molecule has 2 aromatic rings. The number of hydrogen-bond donors (Lipinski definition) is 2. The Balaban J connectivity index is 1.76. The van der Waals surface area contributed by atoms with Gasteiger partial charge in [0.15, 0.2) is 0 Å². The Morgan fingerprint density at radius 1 is 1.36 bits per heavy atom. The summed E-state index contributed by atoms with van der Waals surface area (Å²) in [6, 6.07) is 6.35. The molecule has 1 fully saturated rings. The molecule has 0 atom stereocenters. The number of aryl methyl sites for hydroxylation is 2. The molecule has 1 aromatic carbocycles. The Labute approximate surface area is 151 Å². The molecular formula is C17H21N3O3S2. The van der Waals surface area contributed by atoms with Gasteiger partial charge in [-0.3, -0.25) is 4.79 Å². The number of carbonyl (C=O) groups excluding carboxylic acids is 1. The van der Waals surface area contributed by atoms with Crippen LogP contribution < -0.4 is 10.0 Å². The second kappa shape index (κ2) is 7.23. The summed E-state index contributed by atoms with van der Waals surface area (Å²) in [5, 5.41) is 3.72. The van der Waals surface area contributed by atoms with E-state index in [0.29, 0.717) is 16.3 Å². The second-order valence-corrected chi connectivity index (χ2v) is 8.95. The van der Waals surface area contributed by atoms with Crippen molar-refractivity contribution in [1.82, 2.24) is 9.71 Å². The third-order valence-corrected chi connectivity index (χ3v) is 6.55. The minimum atomic E-state index is -3.54. The SMILES string of the molecule is CCCc1nc(C)c(C(=O)Nc2cccc(S(=O)(=O)NC3CC3)c2)s1. The summed E-state index contributed by atoms with van der Waals surface area (Å²) < 4.78 is 27.2. The number of thiazole rings is 1. The van der Waals surface area contributed by atoms with E-state index in [2.05, 4.69) is 21.9 Å². The molecule has 1 aliphatic carbocycles. The molecule has 0 spiro atoms. The van der Waals surface area contributed by atoms with Crippen LogP contribution >= 0.6 is 11.3 Å². The Morgan fingerprint density at radius 3 is 2.80 bits per heavy atom. The van der Waals surface area contributed by atoms with E-state index in [4.69, 9.17) is 0 Å². The van der Waals surface area contributed by atoms with Gasteiger partial charge in [0.05, 0.1) is 15.6 Å². The Hall–Kier alpha value is -1.77. The number of rotatable bonds is 7. The van der Waals surface area contributed by atoms with E-state index in [0.717, 1.165) is 30.7 Å². The summed E-state index contributed by atoms with van der Waals surface area (Å²) in [7, 11) is -3.54. The van der Waals surface area contributed by atoms with E-state index in [-0.39, 0.29) is 16.8 Å². The number of amides is 1. The standard InChI is InChI=1S/C17H21N3O3S2/c1-3-5-15-18-11(2)16(24-15)17(21)19-13-6-4-7-14(10-13)25(22,23)20-12-8-9-12/h4,6-7,10,12,20H,3,5,8-9H2,1-2H3,(H,19,21). The zero-order valence-corrected chi connectivity index (χ0v) is 15.8. The average molecular weight is 380 g/mol. The van der Waals surface area contributed by atoms with Gasteiger partial charge >= 0.3 is 0 Å². The van der Waals surface area contributed by atoms with Gasteiger partial charge in [-0.25, -0.2) is 18.1 Å². The molecule has 1 amide bonds. The summed E-state index contributed by atoms with van der Waals surface area (Å²) in [5.74, 6) is -0.262. The lowest BCUT2D eigenvalue weighted by molar-refractivity contribution is 0.102. The largest absolute Gasteiger partial charge is 0.321 e. The van der Waals surface area contributed by atoms with Gasteiger partial charge in [-0.05, 0) is 50.8 Å². The minimum Gasteiger partial charge on any atom is -0.321 e. The molecule has 8 heteroatoms. The number of aromatic nitrogens is 1. The van der Waals surface area contributed by atoms with Gasteiger partial charge in [-0.1, -0.05) is 13.0 Å². The van der Waals surface area contributed by atoms with E-state index in [1.807, 2.05) is 6.92 Å². The van der Waals surface area contributed by atoms with E-state index >= 15 is 0 Å². The van der Waals surface area contributed by atoms with Crippen LogP contribution in [0.25, 0.3) is 0 Å². The lowest BCUT2D eigenvalue weighted by Crippen LogP contribution is -2.25. The van der Waals surface area contributed by atoms with Gasteiger partial charge in [0, 0.05) is 11.7 Å². The summed E-state index contributed by atoms with van der Waals surface area (Å²) in [6.07, 6.45) is 3.57. The van der Waals surface area contributed by atoms with Gasteiger partial charge in [0.2, 0.25) is 10.0 Å². The quantitative estimate of drug-likeness (QED) is 0.774. The number of nitrogens with one attached hydrogen (secondary N) is 2. The third-order valence-electron chi connectivity index (χ3n) is 3.81. The molecule has 0 bridgehead atoms. The predicted octanol–water partition coefficient (Wildman–Crippen LogP) is 3.10. The van der Waals surface area contributed by atoms with E-state index in [9.17, 15) is 13.2 Å². The fraction of sp³-hybridized carbons (Fsp3) is 0.412. The van der Waals surface area contributed by atoms with Crippen LogP contribution in [0.1, 0.15) is 46.6 Å². The van der Waals surface area contributed by atoms with Gasteiger partial charge < -0.3 is 5.32 Å². The smallest absolute Gasteiger partial charge is 0.267 e. The minimum absolute atomic E-state index is 0.0417. The van der Waals surface area contributed by atoms with Crippen LogP contribution in [0.3, 0.4) is 0 Å². The topological polar surface area (TPSA) is 88.2 Å². The first kappa shape index (κ1) is 18.0. The fourth-order valence-corrected chi connectivity index (χ4v) is 4.81. The van der Waals surface area contributed by atoms with Gasteiger partial charge in [-0.2, -0.15) is 0 Å². The van der Waals surface area contributed by atoms with E-state index in [1.165, 1.54) is 23.5 Å². The first-order chi connectivity index (χ1) is 11.9. The molecule has 134 valence electrons. The first-order valence-electron chi connectivity index (χ1n) is 8.29. The highest BCUT2D eigenvalue weighted by molar-refractivity contribution is 7.89. The molecule has 0 saturated heterocycles. The second-order valence-electron chi connectivity index (χ2n) is 6.15. The molecule has 1 saturated carbocycles. The van der Waals surface area contributed by atoms with Crippen molar-refractivity contribution in [1.29, 1.82) is 0 Å². The molecule has 6 nitrogen and oxygen atoms in total. The maximum absolute atomic E-state index is 12.5. The zero-order valence-electron chi connectivity index (χ0n) is 14.2. The molecule has 0 aliphatic heterocycles. The van der Waals surface area contributed by atoms with Crippen molar-refractivity contribution in [3.05, 3.63) is 39.8 Å². The molecule has 0 unspecified atom stereocenters. The summed E-state index contributed by atoms with van der Waals surface area (Å²) in [5.41, 5.74) is 1.15. The number of carbonyl (C=O) groups is 1. The monoisotopic (exact) mass is 379 g/mol. The third kappa shape index (κ3) is 4.45. The molecule has 1 heterocycles. The summed E-state index contributed by atoms with van der Waals surface area (Å²) >= 11 is 1.38. The highest BCUT2D eigenvalue weighted by Crippen LogP contribution is 2.24. The highest BCUT2D eigenvalue weighted by atomic mass is 32.2. The van der Waals surface area contributed by atoms with Crippen molar-refractivity contribution in [3.8, 4) is 0 Å². The van der Waals surface area contributed by atoms with Crippen molar-refractivity contribution >= 4 is 33.0 Å². The maximum Gasteiger partial charge on any atom is 0.267 e. The number of nitrogens with zero attached hydrogens (tertiary/aromatic N) is 1. The van der Waals surface area contributed by atoms with Crippen LogP contribution in [0.4, 0.5) is 5.69 Å². The lowest BCUT2D eigenvalue weighted by atomic mass is 10.3.